The number of hydrogen-bond acceptors (Lipinski definition) is 4. The summed E-state index contributed by atoms with van der Waals surface area (Å²) in [7, 11) is 1.82. The molecule has 1 aromatic rings. The number of Topliss-reactive ketones (excluding diaryl/α,β-unsaturated/α-hetero) is 1. The second-order valence-electron chi connectivity index (χ2n) is 3.85. The normalized spacial score (nSPS) is 10.5. The van der Waals surface area contributed by atoms with Gasteiger partial charge in [-0.15, -0.1) is 0 Å². The lowest BCUT2D eigenvalue weighted by molar-refractivity contribution is 0.0982. The molecule has 0 aliphatic rings. The van der Waals surface area contributed by atoms with Gasteiger partial charge in [0.05, 0.1) is 12.3 Å². The van der Waals surface area contributed by atoms with E-state index in [0.717, 1.165) is 0 Å². The number of carbonyl (C=O) groups excluding carboxylic acids is 1. The van der Waals surface area contributed by atoms with Crippen molar-refractivity contribution in [1.82, 2.24) is 10.3 Å². The number of nitrogens with zero attached hydrogens (tertiary/aromatic N) is 1. The minimum atomic E-state index is 0.0797. The van der Waals surface area contributed by atoms with Gasteiger partial charge < -0.3 is 10.1 Å². The molecule has 0 aromatic carbocycles. The van der Waals surface area contributed by atoms with E-state index in [1.54, 1.807) is 18.5 Å². The van der Waals surface area contributed by atoms with Gasteiger partial charge in [0.25, 0.3) is 0 Å². The van der Waals surface area contributed by atoms with Gasteiger partial charge in [0.15, 0.2) is 5.78 Å². The van der Waals surface area contributed by atoms with Gasteiger partial charge >= 0.3 is 0 Å². The molecule has 0 saturated heterocycles. The Hall–Kier alpha value is -1.42. The van der Waals surface area contributed by atoms with Gasteiger partial charge in [-0.05, 0) is 27.0 Å². The van der Waals surface area contributed by atoms with E-state index in [9.17, 15) is 4.79 Å². The lowest BCUT2D eigenvalue weighted by Gasteiger charge is -2.09. The Morgan fingerprint density at radius 2 is 2.25 bits per heavy atom. The zero-order valence-electron chi connectivity index (χ0n) is 9.99. The van der Waals surface area contributed by atoms with Crippen LogP contribution in [-0.2, 0) is 0 Å². The molecule has 0 radical (unpaired) electrons. The largest absolute Gasteiger partial charge is 0.489 e. The fraction of sp³-hybridized carbons (Fsp3) is 0.500. The number of pyridine rings is 1. The Morgan fingerprint density at radius 3 is 2.88 bits per heavy atom. The van der Waals surface area contributed by atoms with Gasteiger partial charge in [-0.3, -0.25) is 9.78 Å². The smallest absolute Gasteiger partial charge is 0.165 e. The van der Waals surface area contributed by atoms with Crippen molar-refractivity contribution >= 4 is 5.78 Å². The molecule has 0 bridgehead atoms. The number of ketones is 1. The number of nitrogens with one attached hydrogen (secondary N) is 1. The molecule has 1 aromatic heterocycles. The Balaban J connectivity index is 2.69. The maximum atomic E-state index is 11.7. The maximum absolute atomic E-state index is 11.7. The van der Waals surface area contributed by atoms with Crippen LogP contribution in [0.1, 0.15) is 30.6 Å². The van der Waals surface area contributed by atoms with Crippen molar-refractivity contribution in [2.45, 2.75) is 26.4 Å². The highest BCUT2D eigenvalue weighted by Gasteiger charge is 2.07. The summed E-state index contributed by atoms with van der Waals surface area (Å²) < 4.78 is 5.48. The van der Waals surface area contributed by atoms with Crippen LogP contribution >= 0.6 is 0 Å². The van der Waals surface area contributed by atoms with E-state index in [1.807, 2.05) is 20.9 Å². The van der Waals surface area contributed by atoms with Gasteiger partial charge in [0, 0.05) is 24.7 Å². The Kier molecular flexibility index (Phi) is 4.92. The third-order valence-corrected chi connectivity index (χ3v) is 2.01. The van der Waals surface area contributed by atoms with E-state index in [0.29, 0.717) is 24.3 Å². The van der Waals surface area contributed by atoms with Crippen LogP contribution in [0.25, 0.3) is 0 Å². The maximum Gasteiger partial charge on any atom is 0.165 e. The van der Waals surface area contributed by atoms with E-state index >= 15 is 0 Å². The lowest BCUT2D eigenvalue weighted by Crippen LogP contribution is -2.13. The molecule has 1 rings (SSSR count). The molecule has 4 heteroatoms. The third kappa shape index (κ3) is 3.98. The molecule has 0 fully saturated rings. The molecule has 0 aliphatic heterocycles. The summed E-state index contributed by atoms with van der Waals surface area (Å²) in [6.07, 6.45) is 3.76. The van der Waals surface area contributed by atoms with Crippen molar-refractivity contribution < 1.29 is 9.53 Å². The molecule has 0 saturated carbocycles. The average Bonchev–Trinajstić information content (AvgIpc) is 2.25. The van der Waals surface area contributed by atoms with Crippen molar-refractivity contribution in [2.24, 2.45) is 0 Å². The molecular weight excluding hydrogens is 204 g/mol. The van der Waals surface area contributed by atoms with Crippen molar-refractivity contribution in [3.8, 4) is 5.75 Å². The molecule has 1 N–H and O–H groups in total. The van der Waals surface area contributed by atoms with E-state index in [1.165, 1.54) is 0 Å². The van der Waals surface area contributed by atoms with Crippen LogP contribution in [0.15, 0.2) is 18.5 Å². The number of hydrogen-bond donors (Lipinski definition) is 1. The van der Waals surface area contributed by atoms with Crippen molar-refractivity contribution in [1.29, 1.82) is 0 Å². The van der Waals surface area contributed by atoms with Crippen LogP contribution in [0.5, 0.6) is 5.75 Å². The fourth-order valence-electron chi connectivity index (χ4n) is 1.29. The Morgan fingerprint density at radius 1 is 1.50 bits per heavy atom. The molecule has 88 valence electrons. The topological polar surface area (TPSA) is 51.2 Å². The summed E-state index contributed by atoms with van der Waals surface area (Å²) in [6.45, 7) is 4.55. The van der Waals surface area contributed by atoms with Gasteiger partial charge in [-0.25, -0.2) is 0 Å². The highest BCUT2D eigenvalue weighted by atomic mass is 16.5. The Bertz CT molecular complexity index is 351. The minimum absolute atomic E-state index is 0.0797. The van der Waals surface area contributed by atoms with Crippen molar-refractivity contribution in [3.05, 3.63) is 24.0 Å². The molecule has 1 heterocycles. The highest BCUT2D eigenvalue weighted by Crippen LogP contribution is 2.14. The summed E-state index contributed by atoms with van der Waals surface area (Å²) in [4.78, 5) is 15.7. The average molecular weight is 222 g/mol. The van der Waals surface area contributed by atoms with Crippen LogP contribution in [0.4, 0.5) is 0 Å². The predicted molar refractivity (Wildman–Crippen MR) is 62.9 cm³/mol. The first-order valence-electron chi connectivity index (χ1n) is 5.43. The van der Waals surface area contributed by atoms with Gasteiger partial charge in [0.2, 0.25) is 0 Å². The van der Waals surface area contributed by atoms with Gasteiger partial charge in [-0.1, -0.05) is 0 Å². The van der Waals surface area contributed by atoms with Crippen LogP contribution in [-0.4, -0.2) is 30.5 Å². The summed E-state index contributed by atoms with van der Waals surface area (Å²) in [6, 6.07) is 1.74. The summed E-state index contributed by atoms with van der Waals surface area (Å²) in [5.74, 6) is 0.723. The molecule has 0 amide bonds. The molecule has 0 atom stereocenters. The highest BCUT2D eigenvalue weighted by molar-refractivity contribution is 5.96. The van der Waals surface area contributed by atoms with Crippen LogP contribution in [0.3, 0.4) is 0 Å². The van der Waals surface area contributed by atoms with Gasteiger partial charge in [-0.2, -0.15) is 0 Å². The fourth-order valence-corrected chi connectivity index (χ4v) is 1.29. The second kappa shape index (κ2) is 6.23. The molecule has 0 spiro atoms. The second-order valence-corrected chi connectivity index (χ2v) is 3.85. The van der Waals surface area contributed by atoms with Gasteiger partial charge in [0.1, 0.15) is 5.75 Å². The van der Waals surface area contributed by atoms with Crippen LogP contribution in [0.2, 0.25) is 0 Å². The van der Waals surface area contributed by atoms with Crippen LogP contribution in [0, 0.1) is 0 Å². The zero-order chi connectivity index (χ0) is 12.0. The van der Waals surface area contributed by atoms with Crippen molar-refractivity contribution in [3.63, 3.8) is 0 Å². The molecule has 0 unspecified atom stereocenters. The summed E-state index contributed by atoms with van der Waals surface area (Å²) in [5, 5.41) is 2.94. The standard InChI is InChI=1S/C12H18N2O2/c1-9(2)16-11-6-10(7-14-8-11)12(15)4-5-13-3/h6-9,13H,4-5H2,1-3H3. The minimum Gasteiger partial charge on any atom is -0.489 e. The monoisotopic (exact) mass is 222 g/mol. The SMILES string of the molecule is CNCCC(=O)c1cncc(OC(C)C)c1. The number of carbonyl (C=O) groups is 1. The predicted octanol–water partition coefficient (Wildman–Crippen LogP) is 1.66. The summed E-state index contributed by atoms with van der Waals surface area (Å²) in [5.41, 5.74) is 0.605. The van der Waals surface area contributed by atoms with E-state index in [-0.39, 0.29) is 11.9 Å². The summed E-state index contributed by atoms with van der Waals surface area (Å²) >= 11 is 0. The number of rotatable bonds is 6. The first kappa shape index (κ1) is 12.6. The Labute approximate surface area is 96.0 Å². The molecule has 16 heavy (non-hydrogen) atoms. The van der Waals surface area contributed by atoms with Crippen molar-refractivity contribution in [2.75, 3.05) is 13.6 Å². The molecular formula is C12H18N2O2. The molecule has 0 aliphatic carbocycles. The quantitative estimate of drug-likeness (QED) is 0.744. The van der Waals surface area contributed by atoms with Crippen LogP contribution < -0.4 is 10.1 Å². The third-order valence-electron chi connectivity index (χ3n) is 2.01. The van der Waals surface area contributed by atoms with E-state index in [2.05, 4.69) is 10.3 Å². The lowest BCUT2D eigenvalue weighted by atomic mass is 10.1. The van der Waals surface area contributed by atoms with E-state index < -0.39 is 0 Å². The molecule has 4 nitrogen and oxygen atoms in total. The van der Waals surface area contributed by atoms with E-state index in [4.69, 9.17) is 4.74 Å². The first-order valence-corrected chi connectivity index (χ1v) is 5.43. The number of aromatic nitrogens is 1. The number of ether oxygens (including phenoxy) is 1. The zero-order valence-corrected chi connectivity index (χ0v) is 9.99. The first-order chi connectivity index (χ1) is 7.63.